The summed E-state index contributed by atoms with van der Waals surface area (Å²) in [5.74, 6) is 0.214. The summed E-state index contributed by atoms with van der Waals surface area (Å²) >= 11 is 0. The molecular formula is C16H30N3O3P. The fourth-order valence-corrected chi connectivity index (χ4v) is 4.32. The van der Waals surface area contributed by atoms with Crippen LogP contribution in [-0.2, 0) is 13.8 Å². The van der Waals surface area contributed by atoms with Crippen molar-refractivity contribution < 1.29 is 13.8 Å². The fraction of sp³-hybridized carbons (Fsp3) is 0.875. The normalized spacial score (nSPS) is 17.0. The van der Waals surface area contributed by atoms with Crippen LogP contribution in [0.4, 0.5) is 0 Å². The van der Waals surface area contributed by atoms with E-state index < -0.39 is 8.53 Å². The average Bonchev–Trinajstić information content (AvgIpc) is 3.00. The minimum Gasteiger partial charge on any atom is -0.333 e. The molecule has 1 aliphatic rings. The summed E-state index contributed by atoms with van der Waals surface area (Å²) < 4.78 is 13.7. The summed E-state index contributed by atoms with van der Waals surface area (Å²) in [6, 6.07) is 2.59. The van der Waals surface area contributed by atoms with Crippen LogP contribution in [0.3, 0.4) is 0 Å². The highest BCUT2D eigenvalue weighted by Gasteiger charge is 2.28. The zero-order valence-corrected chi connectivity index (χ0v) is 15.6. The van der Waals surface area contributed by atoms with Crippen LogP contribution in [0.25, 0.3) is 0 Å². The van der Waals surface area contributed by atoms with Gasteiger partial charge >= 0.3 is 0 Å². The molecule has 0 heterocycles. The van der Waals surface area contributed by atoms with Gasteiger partial charge in [0.2, 0.25) is 5.91 Å². The Balaban J connectivity index is 2.50. The van der Waals surface area contributed by atoms with E-state index in [0.29, 0.717) is 13.0 Å². The average molecular weight is 343 g/mol. The van der Waals surface area contributed by atoms with E-state index in [-0.39, 0.29) is 30.6 Å². The van der Waals surface area contributed by atoms with Crippen LogP contribution in [0.15, 0.2) is 0 Å². The van der Waals surface area contributed by atoms with Gasteiger partial charge in [0.05, 0.1) is 19.1 Å². The molecule has 0 saturated heterocycles. The van der Waals surface area contributed by atoms with Crippen molar-refractivity contribution in [1.82, 2.24) is 9.99 Å². The third-order valence-corrected chi connectivity index (χ3v) is 5.86. The minimum atomic E-state index is -1.29. The van der Waals surface area contributed by atoms with E-state index in [2.05, 4.69) is 43.8 Å². The Bertz CT molecular complexity index is 385. The molecule has 1 atom stereocenters. The van der Waals surface area contributed by atoms with E-state index in [0.717, 1.165) is 25.7 Å². The maximum Gasteiger partial charge on any atom is 0.261 e. The topological polar surface area (TPSA) is 74.6 Å². The second-order valence-corrected chi connectivity index (χ2v) is 7.80. The van der Waals surface area contributed by atoms with Gasteiger partial charge in [-0.1, -0.05) is 12.8 Å². The van der Waals surface area contributed by atoms with Gasteiger partial charge in [-0.05, 0) is 40.5 Å². The van der Waals surface area contributed by atoms with Gasteiger partial charge in [0.1, 0.15) is 6.73 Å². The highest BCUT2D eigenvalue weighted by molar-refractivity contribution is 7.44. The molecule has 0 aliphatic heterocycles. The summed E-state index contributed by atoms with van der Waals surface area (Å²) in [5, 5.41) is 11.5. The molecule has 23 heavy (non-hydrogen) atoms. The maximum atomic E-state index is 12.0. The minimum absolute atomic E-state index is 0.0788. The first-order chi connectivity index (χ1) is 11.0. The van der Waals surface area contributed by atoms with E-state index in [4.69, 9.17) is 14.3 Å². The highest BCUT2D eigenvalue weighted by Crippen LogP contribution is 2.45. The molecule has 0 aromatic carbocycles. The third kappa shape index (κ3) is 7.14. The predicted octanol–water partition coefficient (Wildman–Crippen LogP) is 3.54. The molecule has 0 bridgehead atoms. The quantitative estimate of drug-likeness (QED) is 0.373. The lowest BCUT2D eigenvalue weighted by atomic mass is 10.1. The first-order valence-corrected chi connectivity index (χ1v) is 9.59. The molecular weight excluding hydrogens is 313 g/mol. The van der Waals surface area contributed by atoms with E-state index >= 15 is 0 Å². The lowest BCUT2D eigenvalue weighted by molar-refractivity contribution is -0.125. The summed E-state index contributed by atoms with van der Waals surface area (Å²) in [6.07, 6.45) is 4.56. The zero-order valence-electron chi connectivity index (χ0n) is 14.7. The zero-order chi connectivity index (χ0) is 17.2. The number of carbonyl (C=O) groups excluding carboxylic acids is 1. The number of rotatable bonds is 10. The first kappa shape index (κ1) is 20.3. The Hall–Kier alpha value is -0.730. The van der Waals surface area contributed by atoms with Crippen molar-refractivity contribution in [2.45, 2.75) is 71.9 Å². The molecule has 1 fully saturated rings. The van der Waals surface area contributed by atoms with Crippen LogP contribution in [0.2, 0.25) is 0 Å². The third-order valence-electron chi connectivity index (χ3n) is 3.81. The largest absolute Gasteiger partial charge is 0.333 e. The van der Waals surface area contributed by atoms with Gasteiger partial charge in [-0.3, -0.25) is 4.79 Å². The molecule has 1 unspecified atom stereocenters. The van der Waals surface area contributed by atoms with Gasteiger partial charge in [0, 0.05) is 18.0 Å². The monoisotopic (exact) mass is 343 g/mol. The van der Waals surface area contributed by atoms with Crippen molar-refractivity contribution in [1.29, 1.82) is 5.26 Å². The molecule has 6 nitrogen and oxygen atoms in total. The van der Waals surface area contributed by atoms with Crippen LogP contribution in [-0.4, -0.2) is 36.0 Å². The molecule has 0 spiro atoms. The number of carbonyl (C=O) groups is 1. The molecule has 1 aliphatic carbocycles. The molecule has 0 radical (unpaired) electrons. The van der Waals surface area contributed by atoms with Crippen LogP contribution < -0.4 is 5.32 Å². The van der Waals surface area contributed by atoms with Crippen LogP contribution >= 0.6 is 8.53 Å². The second-order valence-electron chi connectivity index (χ2n) is 6.34. The number of nitrogens with one attached hydrogen (secondary N) is 1. The molecule has 0 aromatic heterocycles. The van der Waals surface area contributed by atoms with Crippen LogP contribution in [0.1, 0.15) is 59.8 Å². The van der Waals surface area contributed by atoms with Crippen LogP contribution in [0.5, 0.6) is 0 Å². The molecule has 7 heteroatoms. The van der Waals surface area contributed by atoms with Gasteiger partial charge in [0.15, 0.2) is 0 Å². The highest BCUT2D eigenvalue weighted by atomic mass is 31.2. The summed E-state index contributed by atoms with van der Waals surface area (Å²) in [6.45, 7) is 8.85. The van der Waals surface area contributed by atoms with Gasteiger partial charge in [-0.15, -0.1) is 0 Å². The number of amides is 1. The fourth-order valence-electron chi connectivity index (χ4n) is 2.80. The first-order valence-electron chi connectivity index (χ1n) is 8.46. The van der Waals surface area contributed by atoms with Gasteiger partial charge in [0.25, 0.3) is 8.53 Å². The SMILES string of the molecule is CC(C)N(C(C)C)P(OCCC#N)OCNC(=O)C1CCCC1. The molecule has 132 valence electrons. The summed E-state index contributed by atoms with van der Waals surface area (Å²) in [7, 11) is -1.29. The van der Waals surface area contributed by atoms with Gasteiger partial charge < -0.3 is 14.4 Å². The van der Waals surface area contributed by atoms with Crippen LogP contribution in [0, 0.1) is 17.2 Å². The summed E-state index contributed by atoms with van der Waals surface area (Å²) in [4.78, 5) is 12.0. The predicted molar refractivity (Wildman–Crippen MR) is 91.3 cm³/mol. The van der Waals surface area contributed by atoms with E-state index in [1.54, 1.807) is 0 Å². The van der Waals surface area contributed by atoms with Gasteiger partial charge in [-0.2, -0.15) is 5.26 Å². The Kier molecular flexibility index (Phi) is 9.66. The number of hydrogen-bond acceptors (Lipinski definition) is 5. The molecule has 1 N–H and O–H groups in total. The summed E-state index contributed by atoms with van der Waals surface area (Å²) in [5.41, 5.74) is 0. The van der Waals surface area contributed by atoms with Crippen molar-refractivity contribution in [3.63, 3.8) is 0 Å². The van der Waals surface area contributed by atoms with E-state index in [1.165, 1.54) is 0 Å². The Morgan fingerprint density at radius 2 is 1.87 bits per heavy atom. The van der Waals surface area contributed by atoms with E-state index in [9.17, 15) is 4.79 Å². The molecule has 1 rings (SSSR count). The van der Waals surface area contributed by atoms with Crippen molar-refractivity contribution in [3.05, 3.63) is 0 Å². The Morgan fingerprint density at radius 3 is 2.39 bits per heavy atom. The molecule has 0 aromatic rings. The second kappa shape index (κ2) is 10.9. The van der Waals surface area contributed by atoms with Crippen molar-refractivity contribution >= 4 is 14.4 Å². The number of nitrogens with zero attached hydrogens (tertiary/aromatic N) is 2. The van der Waals surface area contributed by atoms with Crippen molar-refractivity contribution in [3.8, 4) is 6.07 Å². The van der Waals surface area contributed by atoms with Crippen molar-refractivity contribution in [2.75, 3.05) is 13.3 Å². The molecule has 1 saturated carbocycles. The van der Waals surface area contributed by atoms with Gasteiger partial charge in [-0.25, -0.2) is 4.67 Å². The lowest BCUT2D eigenvalue weighted by Crippen LogP contribution is -2.36. The standard InChI is InChI=1S/C16H30N3O3P/c1-13(2)19(14(3)4)23(21-11-7-10-17)22-12-18-16(20)15-8-5-6-9-15/h13-15H,5-9,11-12H2,1-4H3,(H,18,20). The lowest BCUT2D eigenvalue weighted by Gasteiger charge is -2.35. The smallest absolute Gasteiger partial charge is 0.261 e. The number of hydrogen-bond donors (Lipinski definition) is 1. The van der Waals surface area contributed by atoms with Crippen molar-refractivity contribution in [2.24, 2.45) is 5.92 Å². The maximum absolute atomic E-state index is 12.0. The molecule has 1 amide bonds. The van der Waals surface area contributed by atoms with E-state index in [1.807, 2.05) is 0 Å². The Labute approximate surface area is 141 Å². The number of nitriles is 1. The Morgan fingerprint density at radius 1 is 1.26 bits per heavy atom.